The van der Waals surface area contributed by atoms with Gasteiger partial charge in [-0.2, -0.15) is 10.1 Å². The van der Waals surface area contributed by atoms with Gasteiger partial charge in [0.2, 0.25) is 11.8 Å². The first kappa shape index (κ1) is 21.1. The third kappa shape index (κ3) is 4.31. The fourth-order valence-corrected chi connectivity index (χ4v) is 4.31. The Hall–Kier alpha value is -3.72. The number of ether oxygens (including phenoxy) is 1. The van der Waals surface area contributed by atoms with Crippen molar-refractivity contribution in [3.8, 4) is 28.4 Å². The summed E-state index contributed by atoms with van der Waals surface area (Å²) < 4.78 is 20.0. The standard InChI is InChI=1S/C23H19ClFN5O3/c24-18-7-3-6-17-20(21(29-30(17)18)13-8-10-14(25)11-9-13)16-12-19(33-23(31)32)28-22(27-16)26-15-4-1-2-5-15/h3,6-12,15H,1-2,4-5H2,(H,31,32)(H,26,27,28). The smallest absolute Gasteiger partial charge is 0.449 e. The van der Waals surface area contributed by atoms with Gasteiger partial charge < -0.3 is 15.2 Å². The van der Waals surface area contributed by atoms with Gasteiger partial charge in [-0.25, -0.2) is 18.7 Å². The van der Waals surface area contributed by atoms with Gasteiger partial charge in [0.1, 0.15) is 16.7 Å². The Morgan fingerprint density at radius 2 is 1.91 bits per heavy atom. The molecule has 1 aromatic carbocycles. The summed E-state index contributed by atoms with van der Waals surface area (Å²) in [5, 5.41) is 17.5. The third-order valence-corrected chi connectivity index (χ3v) is 5.85. The van der Waals surface area contributed by atoms with Crippen LogP contribution in [0.3, 0.4) is 0 Å². The summed E-state index contributed by atoms with van der Waals surface area (Å²) in [6, 6.07) is 12.9. The van der Waals surface area contributed by atoms with Gasteiger partial charge in [0, 0.05) is 17.7 Å². The van der Waals surface area contributed by atoms with Crippen molar-refractivity contribution in [2.75, 3.05) is 5.32 Å². The Bertz CT molecular complexity index is 1340. The Morgan fingerprint density at radius 3 is 2.64 bits per heavy atom. The monoisotopic (exact) mass is 467 g/mol. The second-order valence-electron chi connectivity index (χ2n) is 7.78. The van der Waals surface area contributed by atoms with Crippen LogP contribution in [0.4, 0.5) is 15.1 Å². The summed E-state index contributed by atoms with van der Waals surface area (Å²) in [5.74, 6) is -0.217. The maximum Gasteiger partial charge on any atom is 0.512 e. The van der Waals surface area contributed by atoms with Crippen LogP contribution >= 0.6 is 11.6 Å². The van der Waals surface area contributed by atoms with Crippen LogP contribution < -0.4 is 10.1 Å². The molecule has 2 N–H and O–H groups in total. The lowest BCUT2D eigenvalue weighted by Gasteiger charge is -2.14. The zero-order chi connectivity index (χ0) is 22.9. The average Bonchev–Trinajstić information content (AvgIpc) is 3.42. The second kappa shape index (κ2) is 8.67. The highest BCUT2D eigenvalue weighted by atomic mass is 35.5. The Labute approximate surface area is 193 Å². The number of anilines is 1. The van der Waals surface area contributed by atoms with Crippen molar-refractivity contribution in [3.63, 3.8) is 0 Å². The van der Waals surface area contributed by atoms with Crippen LogP contribution in [0.5, 0.6) is 5.88 Å². The third-order valence-electron chi connectivity index (χ3n) is 5.57. The minimum Gasteiger partial charge on any atom is -0.449 e. The van der Waals surface area contributed by atoms with Crippen molar-refractivity contribution in [2.45, 2.75) is 31.7 Å². The Morgan fingerprint density at radius 1 is 1.15 bits per heavy atom. The van der Waals surface area contributed by atoms with Crippen molar-refractivity contribution in [2.24, 2.45) is 0 Å². The maximum atomic E-state index is 13.6. The molecule has 168 valence electrons. The van der Waals surface area contributed by atoms with E-state index in [9.17, 15) is 9.18 Å². The fourth-order valence-electron chi connectivity index (χ4n) is 4.11. The number of hydrogen-bond donors (Lipinski definition) is 2. The first-order valence-corrected chi connectivity index (χ1v) is 10.9. The molecule has 1 aliphatic rings. The molecule has 4 aromatic rings. The SMILES string of the molecule is O=C(O)Oc1cc(-c2c(-c3ccc(F)cc3)nn3c(Cl)cccc23)nc(NC2CCCC2)n1. The Balaban J connectivity index is 1.71. The minimum atomic E-state index is -1.48. The van der Waals surface area contributed by atoms with Crippen molar-refractivity contribution >= 4 is 29.2 Å². The van der Waals surface area contributed by atoms with Gasteiger partial charge in [-0.15, -0.1) is 0 Å². The average molecular weight is 468 g/mol. The lowest BCUT2D eigenvalue weighted by molar-refractivity contribution is 0.142. The first-order valence-electron chi connectivity index (χ1n) is 10.5. The van der Waals surface area contributed by atoms with Gasteiger partial charge in [0.25, 0.3) is 0 Å². The molecule has 8 nitrogen and oxygen atoms in total. The molecule has 0 aliphatic heterocycles. The number of fused-ring (bicyclic) bond motifs is 1. The molecule has 1 aliphatic carbocycles. The predicted molar refractivity (Wildman–Crippen MR) is 121 cm³/mol. The molecule has 0 unspecified atom stereocenters. The molecule has 33 heavy (non-hydrogen) atoms. The first-order chi connectivity index (χ1) is 16.0. The van der Waals surface area contributed by atoms with Crippen LogP contribution in [-0.2, 0) is 0 Å². The number of halogens is 2. The molecular formula is C23H19ClFN5O3. The summed E-state index contributed by atoms with van der Waals surface area (Å²) in [7, 11) is 0. The lowest BCUT2D eigenvalue weighted by Crippen LogP contribution is -2.17. The van der Waals surface area contributed by atoms with E-state index in [2.05, 4.69) is 20.4 Å². The zero-order valence-corrected chi connectivity index (χ0v) is 18.1. The molecule has 0 atom stereocenters. The number of aromatic nitrogens is 4. The van der Waals surface area contributed by atoms with E-state index in [1.807, 2.05) is 6.07 Å². The molecular weight excluding hydrogens is 449 g/mol. The van der Waals surface area contributed by atoms with Gasteiger partial charge in [-0.05, 0) is 49.2 Å². The van der Waals surface area contributed by atoms with Gasteiger partial charge in [0.05, 0.1) is 16.8 Å². The van der Waals surface area contributed by atoms with Gasteiger partial charge >= 0.3 is 6.16 Å². The number of rotatable bonds is 5. The van der Waals surface area contributed by atoms with Gasteiger partial charge in [-0.3, -0.25) is 0 Å². The van der Waals surface area contributed by atoms with E-state index >= 15 is 0 Å². The molecule has 0 bridgehead atoms. The zero-order valence-electron chi connectivity index (χ0n) is 17.3. The summed E-state index contributed by atoms with van der Waals surface area (Å²) in [6.07, 6.45) is 2.70. The molecule has 1 fully saturated rings. The number of hydrogen-bond acceptors (Lipinski definition) is 6. The van der Waals surface area contributed by atoms with E-state index in [1.165, 1.54) is 18.2 Å². The summed E-state index contributed by atoms with van der Waals surface area (Å²) in [4.78, 5) is 20.1. The molecule has 0 saturated heterocycles. The normalized spacial score (nSPS) is 14.0. The maximum absolute atomic E-state index is 13.6. The molecule has 3 heterocycles. The van der Waals surface area contributed by atoms with E-state index in [0.29, 0.717) is 33.2 Å². The van der Waals surface area contributed by atoms with E-state index in [0.717, 1.165) is 25.7 Å². The van der Waals surface area contributed by atoms with Crippen LogP contribution in [0.15, 0.2) is 48.5 Å². The fraction of sp³-hybridized carbons (Fsp3) is 0.217. The predicted octanol–water partition coefficient (Wildman–Crippen LogP) is 5.66. The molecule has 5 rings (SSSR count). The minimum absolute atomic E-state index is 0.112. The van der Waals surface area contributed by atoms with Crippen molar-refractivity contribution in [3.05, 3.63) is 59.5 Å². The van der Waals surface area contributed by atoms with Crippen LogP contribution in [0.1, 0.15) is 25.7 Å². The summed E-state index contributed by atoms with van der Waals surface area (Å²) >= 11 is 6.38. The van der Waals surface area contributed by atoms with E-state index in [-0.39, 0.29) is 23.7 Å². The number of benzene rings is 1. The molecule has 1 saturated carbocycles. The molecule has 0 spiro atoms. The van der Waals surface area contributed by atoms with Gasteiger partial charge in [0.15, 0.2) is 0 Å². The topological polar surface area (TPSA) is 102 Å². The Kier molecular flexibility index (Phi) is 5.55. The number of pyridine rings is 1. The quantitative estimate of drug-likeness (QED) is 0.288. The number of nitrogens with zero attached hydrogens (tertiary/aromatic N) is 4. The summed E-state index contributed by atoms with van der Waals surface area (Å²) in [6.45, 7) is 0. The van der Waals surface area contributed by atoms with Crippen molar-refractivity contribution in [1.82, 2.24) is 19.6 Å². The second-order valence-corrected chi connectivity index (χ2v) is 8.17. The van der Waals surface area contributed by atoms with E-state index < -0.39 is 6.16 Å². The van der Waals surface area contributed by atoms with E-state index in [1.54, 1.807) is 28.8 Å². The summed E-state index contributed by atoms with van der Waals surface area (Å²) in [5.41, 5.74) is 2.80. The van der Waals surface area contributed by atoms with Crippen LogP contribution in [0.2, 0.25) is 5.15 Å². The molecule has 0 radical (unpaired) electrons. The highest BCUT2D eigenvalue weighted by Gasteiger charge is 2.23. The highest BCUT2D eigenvalue weighted by Crippen LogP contribution is 2.37. The lowest BCUT2D eigenvalue weighted by atomic mass is 10.0. The number of carbonyl (C=O) groups is 1. The number of carboxylic acid groups (broad SMARTS) is 1. The van der Waals surface area contributed by atoms with Crippen LogP contribution in [-0.4, -0.2) is 36.9 Å². The van der Waals surface area contributed by atoms with Crippen molar-refractivity contribution < 1.29 is 19.0 Å². The van der Waals surface area contributed by atoms with Crippen LogP contribution in [0, 0.1) is 5.82 Å². The van der Waals surface area contributed by atoms with Crippen molar-refractivity contribution in [1.29, 1.82) is 0 Å². The largest absolute Gasteiger partial charge is 0.512 e. The highest BCUT2D eigenvalue weighted by molar-refractivity contribution is 6.29. The van der Waals surface area contributed by atoms with Gasteiger partial charge in [-0.1, -0.05) is 30.5 Å². The van der Waals surface area contributed by atoms with E-state index in [4.69, 9.17) is 21.4 Å². The number of nitrogens with one attached hydrogen (secondary N) is 1. The molecule has 0 amide bonds. The molecule has 3 aromatic heterocycles. The molecule has 10 heteroatoms. The van der Waals surface area contributed by atoms with Crippen LogP contribution in [0.25, 0.3) is 28.0 Å².